The highest BCUT2D eigenvalue weighted by Crippen LogP contribution is 2.32. The van der Waals surface area contributed by atoms with Crippen molar-refractivity contribution < 1.29 is 18.3 Å². The first-order valence-corrected chi connectivity index (χ1v) is 6.93. The van der Waals surface area contributed by atoms with E-state index in [1.807, 2.05) is 4.90 Å². The Labute approximate surface area is 116 Å². The summed E-state index contributed by atoms with van der Waals surface area (Å²) in [4.78, 5) is 5.88. The lowest BCUT2D eigenvalue weighted by molar-refractivity contribution is -0.137. The van der Waals surface area contributed by atoms with Crippen LogP contribution < -0.4 is 4.90 Å². The van der Waals surface area contributed by atoms with Crippen molar-refractivity contribution in [1.82, 2.24) is 4.98 Å². The minimum Gasteiger partial charge on any atom is -0.395 e. The van der Waals surface area contributed by atoms with Gasteiger partial charge in [-0.2, -0.15) is 13.2 Å². The maximum atomic E-state index is 12.8. The van der Waals surface area contributed by atoms with Crippen LogP contribution in [0.15, 0.2) is 18.3 Å². The average Bonchev–Trinajstić information content (AvgIpc) is 2.45. The Morgan fingerprint density at radius 3 is 2.55 bits per heavy atom. The van der Waals surface area contributed by atoms with Gasteiger partial charge in [0.25, 0.3) is 0 Å². The standard InChI is InChI=1S/C14H19F3N2O/c15-14(16,17)11-6-7-18-13(10-11)19(8-9-20)12-4-2-1-3-5-12/h6-7,10,12,20H,1-5,8-9H2. The van der Waals surface area contributed by atoms with Crippen LogP contribution in [0, 0.1) is 0 Å². The largest absolute Gasteiger partial charge is 0.416 e. The molecule has 1 aliphatic carbocycles. The topological polar surface area (TPSA) is 36.4 Å². The lowest BCUT2D eigenvalue weighted by Crippen LogP contribution is -2.39. The number of rotatable bonds is 4. The molecule has 1 saturated carbocycles. The molecule has 1 aromatic rings. The Morgan fingerprint density at radius 2 is 1.95 bits per heavy atom. The molecule has 3 nitrogen and oxygen atoms in total. The van der Waals surface area contributed by atoms with Crippen LogP contribution >= 0.6 is 0 Å². The smallest absolute Gasteiger partial charge is 0.395 e. The van der Waals surface area contributed by atoms with Crippen LogP contribution in [-0.4, -0.2) is 29.3 Å². The molecule has 0 radical (unpaired) electrons. The fourth-order valence-corrected chi connectivity index (χ4v) is 2.74. The second kappa shape index (κ2) is 6.43. The number of alkyl halides is 3. The summed E-state index contributed by atoms with van der Waals surface area (Å²) in [5.41, 5.74) is -0.693. The van der Waals surface area contributed by atoms with Crippen molar-refractivity contribution in [3.63, 3.8) is 0 Å². The summed E-state index contributed by atoms with van der Waals surface area (Å²) >= 11 is 0. The predicted octanol–water partition coefficient (Wildman–Crippen LogP) is 3.23. The van der Waals surface area contributed by atoms with Gasteiger partial charge in [-0.3, -0.25) is 0 Å². The van der Waals surface area contributed by atoms with Crippen LogP contribution in [0.5, 0.6) is 0 Å². The van der Waals surface area contributed by atoms with Gasteiger partial charge in [-0.25, -0.2) is 4.98 Å². The molecule has 1 heterocycles. The van der Waals surface area contributed by atoms with Gasteiger partial charge in [0.1, 0.15) is 5.82 Å². The Bertz CT molecular complexity index is 431. The Hall–Kier alpha value is -1.30. The quantitative estimate of drug-likeness (QED) is 0.924. The number of nitrogens with zero attached hydrogens (tertiary/aromatic N) is 2. The monoisotopic (exact) mass is 288 g/mol. The lowest BCUT2D eigenvalue weighted by atomic mass is 9.94. The summed E-state index contributed by atoms with van der Waals surface area (Å²) in [5, 5.41) is 9.17. The molecule has 0 atom stereocenters. The number of hydrogen-bond donors (Lipinski definition) is 1. The number of aromatic nitrogens is 1. The molecule has 6 heteroatoms. The number of pyridine rings is 1. The summed E-state index contributed by atoms with van der Waals surface area (Å²) in [6, 6.07) is 2.22. The van der Waals surface area contributed by atoms with Crippen LogP contribution in [0.3, 0.4) is 0 Å². The van der Waals surface area contributed by atoms with E-state index in [0.717, 1.165) is 37.8 Å². The Kier molecular flexibility index (Phi) is 4.86. The van der Waals surface area contributed by atoms with E-state index in [1.54, 1.807) is 0 Å². The second-order valence-corrected chi connectivity index (χ2v) is 5.11. The van der Waals surface area contributed by atoms with Gasteiger partial charge in [-0.1, -0.05) is 19.3 Å². The van der Waals surface area contributed by atoms with Gasteiger partial charge in [0.2, 0.25) is 0 Å². The van der Waals surface area contributed by atoms with E-state index >= 15 is 0 Å². The zero-order valence-electron chi connectivity index (χ0n) is 11.2. The molecule has 0 spiro atoms. The maximum Gasteiger partial charge on any atom is 0.416 e. The van der Waals surface area contributed by atoms with Gasteiger partial charge >= 0.3 is 6.18 Å². The second-order valence-electron chi connectivity index (χ2n) is 5.11. The van der Waals surface area contributed by atoms with E-state index in [-0.39, 0.29) is 12.6 Å². The highest BCUT2D eigenvalue weighted by atomic mass is 19.4. The molecule has 0 unspecified atom stereocenters. The molecular weight excluding hydrogens is 269 g/mol. The van der Waals surface area contributed by atoms with Crippen molar-refractivity contribution in [3.8, 4) is 0 Å². The molecule has 0 aliphatic heterocycles. The molecule has 1 aromatic heterocycles. The summed E-state index contributed by atoms with van der Waals surface area (Å²) in [6.45, 7) is 0.230. The van der Waals surface area contributed by atoms with Crippen molar-refractivity contribution in [2.75, 3.05) is 18.1 Å². The summed E-state index contributed by atoms with van der Waals surface area (Å²) in [7, 11) is 0. The molecule has 20 heavy (non-hydrogen) atoms. The molecule has 0 saturated heterocycles. The van der Waals surface area contributed by atoms with Crippen molar-refractivity contribution in [2.45, 2.75) is 44.3 Å². The molecule has 1 N–H and O–H groups in total. The number of anilines is 1. The molecule has 2 rings (SSSR count). The van der Waals surface area contributed by atoms with Crippen LogP contribution in [0.2, 0.25) is 0 Å². The van der Waals surface area contributed by atoms with Crippen molar-refractivity contribution in [1.29, 1.82) is 0 Å². The van der Waals surface area contributed by atoms with Crippen molar-refractivity contribution in [2.24, 2.45) is 0 Å². The van der Waals surface area contributed by atoms with E-state index in [9.17, 15) is 13.2 Å². The van der Waals surface area contributed by atoms with Crippen LogP contribution in [-0.2, 0) is 6.18 Å². The van der Waals surface area contributed by atoms with Crippen LogP contribution in [0.25, 0.3) is 0 Å². The van der Waals surface area contributed by atoms with Crippen LogP contribution in [0.1, 0.15) is 37.7 Å². The first-order valence-electron chi connectivity index (χ1n) is 6.93. The third kappa shape index (κ3) is 3.62. The zero-order valence-corrected chi connectivity index (χ0v) is 11.2. The number of hydrogen-bond acceptors (Lipinski definition) is 3. The third-order valence-corrected chi connectivity index (χ3v) is 3.72. The first-order chi connectivity index (χ1) is 9.52. The molecular formula is C14H19F3N2O. The van der Waals surface area contributed by atoms with Gasteiger partial charge in [0, 0.05) is 18.8 Å². The highest BCUT2D eigenvalue weighted by molar-refractivity contribution is 5.43. The SMILES string of the molecule is OCCN(c1cc(C(F)(F)F)ccn1)C1CCCCC1. The average molecular weight is 288 g/mol. The van der Waals surface area contributed by atoms with E-state index in [0.29, 0.717) is 12.4 Å². The van der Waals surface area contributed by atoms with Crippen LogP contribution in [0.4, 0.5) is 19.0 Å². The lowest BCUT2D eigenvalue weighted by Gasteiger charge is -2.35. The van der Waals surface area contributed by atoms with Gasteiger partial charge in [0.05, 0.1) is 12.2 Å². The van der Waals surface area contributed by atoms with E-state index < -0.39 is 11.7 Å². The van der Waals surface area contributed by atoms with E-state index in [4.69, 9.17) is 5.11 Å². The minimum absolute atomic E-state index is 0.0889. The summed E-state index contributed by atoms with van der Waals surface area (Å²) < 4.78 is 38.3. The van der Waals surface area contributed by atoms with Gasteiger partial charge in [0.15, 0.2) is 0 Å². The van der Waals surface area contributed by atoms with Crippen molar-refractivity contribution >= 4 is 5.82 Å². The number of halogens is 3. The fourth-order valence-electron chi connectivity index (χ4n) is 2.74. The van der Waals surface area contributed by atoms with E-state index in [1.165, 1.54) is 12.6 Å². The highest BCUT2D eigenvalue weighted by Gasteiger charge is 2.32. The zero-order chi connectivity index (χ0) is 14.6. The van der Waals surface area contributed by atoms with Gasteiger partial charge in [-0.05, 0) is 25.0 Å². The van der Waals surface area contributed by atoms with Gasteiger partial charge in [-0.15, -0.1) is 0 Å². The summed E-state index contributed by atoms with van der Waals surface area (Å²) in [6.07, 6.45) is 2.02. The van der Waals surface area contributed by atoms with E-state index in [2.05, 4.69) is 4.98 Å². The first kappa shape index (κ1) is 15.1. The number of aliphatic hydroxyl groups is 1. The molecule has 112 valence electrons. The molecule has 1 fully saturated rings. The maximum absolute atomic E-state index is 12.8. The normalized spacial score (nSPS) is 17.2. The van der Waals surface area contributed by atoms with Crippen molar-refractivity contribution in [3.05, 3.63) is 23.9 Å². The summed E-state index contributed by atoms with van der Waals surface area (Å²) in [5.74, 6) is 0.306. The Morgan fingerprint density at radius 1 is 1.25 bits per heavy atom. The fraction of sp³-hybridized carbons (Fsp3) is 0.643. The van der Waals surface area contributed by atoms with Gasteiger partial charge < -0.3 is 10.0 Å². The molecule has 0 aromatic carbocycles. The molecule has 1 aliphatic rings. The minimum atomic E-state index is -4.37. The molecule has 0 bridgehead atoms. The third-order valence-electron chi connectivity index (χ3n) is 3.72. The predicted molar refractivity (Wildman–Crippen MR) is 70.5 cm³/mol. The number of aliphatic hydroxyl groups excluding tert-OH is 1. The molecule has 0 amide bonds. The Balaban J connectivity index is 2.24.